The highest BCUT2D eigenvalue weighted by molar-refractivity contribution is 5.90. The van der Waals surface area contributed by atoms with Crippen LogP contribution in [0.5, 0.6) is 17.2 Å². The number of hydrogen-bond acceptors (Lipinski definition) is 7. The summed E-state index contributed by atoms with van der Waals surface area (Å²) in [5, 5.41) is 16.1. The molecule has 3 aromatic carbocycles. The van der Waals surface area contributed by atoms with E-state index in [1.807, 2.05) is 73.7 Å². The minimum atomic E-state index is -1.23. The first kappa shape index (κ1) is 29.9. The van der Waals surface area contributed by atoms with Crippen LogP contribution in [0.25, 0.3) is 11.1 Å². The minimum Gasteiger partial charge on any atom is -0.497 e. The Kier molecular flexibility index (Phi) is 9.52. The third kappa shape index (κ3) is 6.81. The zero-order valence-electron chi connectivity index (χ0n) is 24.1. The molecule has 0 spiro atoms. The van der Waals surface area contributed by atoms with Gasteiger partial charge < -0.3 is 34.7 Å². The van der Waals surface area contributed by atoms with E-state index in [0.717, 1.165) is 28.0 Å². The number of rotatable bonds is 12. The Morgan fingerprint density at radius 2 is 1.56 bits per heavy atom. The van der Waals surface area contributed by atoms with E-state index in [1.165, 1.54) is 0 Å². The van der Waals surface area contributed by atoms with Crippen molar-refractivity contribution < 1.29 is 33.6 Å². The van der Waals surface area contributed by atoms with Crippen LogP contribution in [0.4, 0.5) is 0 Å². The van der Waals surface area contributed by atoms with Crippen LogP contribution < -0.4 is 24.8 Å². The van der Waals surface area contributed by atoms with Crippen molar-refractivity contribution in [3.05, 3.63) is 77.9 Å². The van der Waals surface area contributed by atoms with Crippen LogP contribution in [0.1, 0.15) is 31.4 Å². The van der Waals surface area contributed by atoms with E-state index >= 15 is 0 Å². The number of ether oxygens (including phenoxy) is 4. The molecule has 1 aliphatic rings. The Labute approximate surface area is 240 Å². The molecule has 4 rings (SSSR count). The number of methoxy groups -OCH3 is 3. The molecule has 0 saturated carbocycles. The van der Waals surface area contributed by atoms with Crippen molar-refractivity contribution in [1.82, 2.24) is 10.6 Å². The molecule has 3 N–H and O–H groups in total. The van der Waals surface area contributed by atoms with Gasteiger partial charge in [0.1, 0.15) is 23.3 Å². The highest BCUT2D eigenvalue weighted by Gasteiger charge is 2.50. The van der Waals surface area contributed by atoms with Gasteiger partial charge >= 0.3 is 5.97 Å². The Hall–Kier alpha value is -4.08. The molecule has 218 valence electrons. The Morgan fingerprint density at radius 3 is 2.12 bits per heavy atom. The summed E-state index contributed by atoms with van der Waals surface area (Å²) in [6.45, 7) is 4.15. The van der Waals surface area contributed by atoms with Gasteiger partial charge in [-0.2, -0.15) is 0 Å². The van der Waals surface area contributed by atoms with Crippen molar-refractivity contribution in [2.75, 3.05) is 21.3 Å². The summed E-state index contributed by atoms with van der Waals surface area (Å²) in [6.07, 6.45) is 0.563. The van der Waals surface area contributed by atoms with Crippen LogP contribution in [-0.2, 0) is 27.3 Å². The fourth-order valence-electron chi connectivity index (χ4n) is 5.26. The van der Waals surface area contributed by atoms with Gasteiger partial charge in [-0.15, -0.1) is 0 Å². The Bertz CT molecular complexity index is 1320. The first-order chi connectivity index (χ1) is 19.7. The monoisotopic (exact) mass is 562 g/mol. The van der Waals surface area contributed by atoms with Crippen LogP contribution in [-0.4, -0.2) is 62.1 Å². The number of carbonyl (C=O) groups excluding carboxylic acids is 1. The lowest BCUT2D eigenvalue weighted by atomic mass is 9.93. The molecular weight excluding hydrogens is 524 g/mol. The van der Waals surface area contributed by atoms with Crippen molar-refractivity contribution >= 4 is 11.9 Å². The molecule has 9 heteroatoms. The molecule has 1 amide bonds. The summed E-state index contributed by atoms with van der Waals surface area (Å²) in [5.74, 6) is 0.525. The predicted molar refractivity (Wildman–Crippen MR) is 155 cm³/mol. The van der Waals surface area contributed by atoms with E-state index < -0.39 is 23.5 Å². The van der Waals surface area contributed by atoms with Crippen molar-refractivity contribution in [3.63, 3.8) is 0 Å². The maximum Gasteiger partial charge on any atom is 0.326 e. The van der Waals surface area contributed by atoms with Gasteiger partial charge in [0.15, 0.2) is 5.60 Å². The van der Waals surface area contributed by atoms with Crippen LogP contribution in [0, 0.1) is 0 Å². The Balaban J connectivity index is 1.45. The molecule has 0 aliphatic carbocycles. The average Bonchev–Trinajstić information content (AvgIpc) is 3.29. The number of carbonyl (C=O) groups is 2. The molecular formula is C32H38N2O7. The van der Waals surface area contributed by atoms with Gasteiger partial charge in [-0.3, -0.25) is 4.79 Å². The van der Waals surface area contributed by atoms with E-state index in [4.69, 9.17) is 18.9 Å². The first-order valence-corrected chi connectivity index (χ1v) is 13.6. The normalized spacial score (nSPS) is 20.7. The zero-order chi connectivity index (χ0) is 29.6. The highest BCUT2D eigenvalue weighted by atomic mass is 16.5. The van der Waals surface area contributed by atoms with E-state index in [1.54, 1.807) is 28.3 Å². The van der Waals surface area contributed by atoms with Gasteiger partial charge in [0.2, 0.25) is 0 Å². The standard InChI is InChI=1S/C32H38N2O7/c1-20-17-28(33-19-22-11-15-24(38-3)16-12-22)32(2,41-20)31(37)34-25(30(35)36)18-21-9-13-23(14-10-21)29-26(39-4)7-6-8-27(29)40-5/h6-16,20,25,28,33H,17-19H2,1-5H3,(H,34,37)(H,35,36)/t20?,25-,28?,32?/m0/s1. The molecule has 4 atom stereocenters. The van der Waals surface area contributed by atoms with Crippen molar-refractivity contribution in [2.45, 2.75) is 57.0 Å². The Morgan fingerprint density at radius 1 is 0.951 bits per heavy atom. The molecule has 1 aliphatic heterocycles. The van der Waals surface area contributed by atoms with E-state index in [9.17, 15) is 14.7 Å². The van der Waals surface area contributed by atoms with Gasteiger partial charge in [-0.1, -0.05) is 42.5 Å². The maximum atomic E-state index is 13.5. The van der Waals surface area contributed by atoms with E-state index in [2.05, 4.69) is 10.6 Å². The number of carboxylic acids is 1. The zero-order valence-corrected chi connectivity index (χ0v) is 24.1. The topological polar surface area (TPSA) is 115 Å². The average molecular weight is 563 g/mol. The largest absolute Gasteiger partial charge is 0.497 e. The molecule has 0 bridgehead atoms. The van der Waals surface area contributed by atoms with Crippen LogP contribution >= 0.6 is 0 Å². The fraction of sp³-hybridized carbons (Fsp3) is 0.375. The number of nitrogens with one attached hydrogen (secondary N) is 2. The molecule has 3 aromatic rings. The lowest BCUT2D eigenvalue weighted by Crippen LogP contribution is -2.58. The van der Waals surface area contributed by atoms with Gasteiger partial charge in [0.05, 0.1) is 33.0 Å². The molecule has 0 radical (unpaired) electrons. The molecule has 3 unspecified atom stereocenters. The molecule has 1 heterocycles. The van der Waals surface area contributed by atoms with Crippen LogP contribution in [0.3, 0.4) is 0 Å². The summed E-state index contributed by atoms with van der Waals surface area (Å²) < 4.78 is 22.3. The van der Waals surface area contributed by atoms with Crippen molar-refractivity contribution in [2.24, 2.45) is 0 Å². The smallest absolute Gasteiger partial charge is 0.326 e. The summed E-state index contributed by atoms with van der Waals surface area (Å²) in [6, 6.07) is 19.3. The predicted octanol–water partition coefficient (Wildman–Crippen LogP) is 4.22. The molecule has 9 nitrogen and oxygen atoms in total. The lowest BCUT2D eigenvalue weighted by molar-refractivity contribution is -0.150. The summed E-state index contributed by atoms with van der Waals surface area (Å²) in [7, 11) is 4.82. The number of hydrogen-bond donors (Lipinski definition) is 3. The summed E-state index contributed by atoms with van der Waals surface area (Å²) >= 11 is 0. The lowest BCUT2D eigenvalue weighted by Gasteiger charge is -2.31. The van der Waals surface area contributed by atoms with Gasteiger partial charge in [-0.25, -0.2) is 4.79 Å². The second-order valence-corrected chi connectivity index (χ2v) is 10.4. The minimum absolute atomic E-state index is 0.111. The summed E-state index contributed by atoms with van der Waals surface area (Å²) in [5.41, 5.74) is 2.23. The quantitative estimate of drug-likeness (QED) is 0.301. The maximum absolute atomic E-state index is 13.5. The van der Waals surface area contributed by atoms with E-state index in [0.29, 0.717) is 24.5 Å². The highest BCUT2D eigenvalue weighted by Crippen LogP contribution is 2.38. The van der Waals surface area contributed by atoms with Crippen LogP contribution in [0.15, 0.2) is 66.7 Å². The summed E-state index contributed by atoms with van der Waals surface area (Å²) in [4.78, 5) is 25.7. The second kappa shape index (κ2) is 13.1. The van der Waals surface area contributed by atoms with Crippen LogP contribution in [0.2, 0.25) is 0 Å². The van der Waals surface area contributed by atoms with Gasteiger partial charge in [0, 0.05) is 19.0 Å². The first-order valence-electron chi connectivity index (χ1n) is 13.6. The molecule has 41 heavy (non-hydrogen) atoms. The SMILES string of the molecule is COc1ccc(CNC2CC(C)OC2(C)C(=O)N[C@@H](Cc2ccc(-c3c(OC)cccc3OC)cc2)C(=O)O)cc1. The third-order valence-electron chi connectivity index (χ3n) is 7.55. The number of amides is 1. The number of aliphatic carboxylic acids is 1. The van der Waals surface area contributed by atoms with E-state index in [-0.39, 0.29) is 18.6 Å². The molecule has 1 saturated heterocycles. The molecule has 1 fully saturated rings. The fourth-order valence-corrected chi connectivity index (χ4v) is 5.26. The van der Waals surface area contributed by atoms with Gasteiger partial charge in [0.25, 0.3) is 5.91 Å². The number of carboxylic acid groups (broad SMARTS) is 1. The second-order valence-electron chi connectivity index (χ2n) is 10.4. The van der Waals surface area contributed by atoms with Gasteiger partial charge in [-0.05, 0) is 61.2 Å². The molecule has 0 aromatic heterocycles. The van der Waals surface area contributed by atoms with Crippen molar-refractivity contribution in [3.8, 4) is 28.4 Å². The third-order valence-corrected chi connectivity index (χ3v) is 7.55. The number of benzene rings is 3. The van der Waals surface area contributed by atoms with Crippen molar-refractivity contribution in [1.29, 1.82) is 0 Å².